The molecule has 0 atom stereocenters. The van der Waals surface area contributed by atoms with E-state index in [0.29, 0.717) is 0 Å². The van der Waals surface area contributed by atoms with Gasteiger partial charge in [-0.2, -0.15) is 0 Å². The highest BCUT2D eigenvalue weighted by Crippen LogP contribution is 2.10. The van der Waals surface area contributed by atoms with E-state index in [1.807, 2.05) is 6.92 Å². The third kappa shape index (κ3) is 1.16. The maximum atomic E-state index is 10.2. The van der Waals surface area contributed by atoms with Gasteiger partial charge in [-0.15, -0.1) is 0 Å². The number of carbonyl (C=O) groups is 1. The average Bonchev–Trinajstić information content (AvgIpc) is 2.33. The van der Waals surface area contributed by atoms with Crippen molar-refractivity contribution in [2.75, 3.05) is 0 Å². The van der Waals surface area contributed by atoms with Crippen LogP contribution in [-0.4, -0.2) is 10.7 Å². The molecule has 9 heavy (non-hydrogen) atoms. The third-order valence-corrected chi connectivity index (χ3v) is 1.93. The van der Waals surface area contributed by atoms with Crippen molar-refractivity contribution in [2.24, 2.45) is 0 Å². The molecule has 1 rings (SSSR count). The quantitative estimate of drug-likeness (QED) is 0.584. The molecule has 3 heteroatoms. The van der Waals surface area contributed by atoms with E-state index in [4.69, 9.17) is 0 Å². The lowest BCUT2D eigenvalue weighted by atomic mass is 10.2. The Morgan fingerprint density at radius 3 is 3.11 bits per heavy atom. The van der Waals surface area contributed by atoms with Crippen LogP contribution < -0.4 is 0 Å². The first-order valence-corrected chi connectivity index (χ1v) is 3.54. The number of rotatable bonds is 2. The Hall–Kier alpha value is -0.700. The second-order valence-corrected chi connectivity index (χ2v) is 2.52. The van der Waals surface area contributed by atoms with E-state index >= 15 is 0 Å². The van der Waals surface area contributed by atoms with Crippen molar-refractivity contribution in [3.05, 3.63) is 16.6 Å². The van der Waals surface area contributed by atoms with Gasteiger partial charge < -0.3 is 0 Å². The zero-order chi connectivity index (χ0) is 6.69. The molecule has 0 radical (unpaired) electrons. The Balaban J connectivity index is 2.98. The largest absolute Gasteiger partial charge is 0.297 e. The van der Waals surface area contributed by atoms with E-state index in [-0.39, 0.29) is 0 Å². The molecule has 0 aliphatic carbocycles. The van der Waals surface area contributed by atoms with Crippen LogP contribution in [0.3, 0.4) is 0 Å². The Kier molecular flexibility index (Phi) is 1.95. The summed E-state index contributed by atoms with van der Waals surface area (Å²) in [6, 6.07) is 0. The predicted molar refractivity (Wildman–Crippen MR) is 36.9 cm³/mol. The molecule has 0 bridgehead atoms. The summed E-state index contributed by atoms with van der Waals surface area (Å²) >= 11 is 1.26. The van der Waals surface area contributed by atoms with Crippen LogP contribution in [0.1, 0.15) is 22.2 Å². The summed E-state index contributed by atoms with van der Waals surface area (Å²) in [7, 11) is 0. The Morgan fingerprint density at radius 2 is 2.67 bits per heavy atom. The number of hydrogen-bond acceptors (Lipinski definition) is 3. The van der Waals surface area contributed by atoms with Gasteiger partial charge in [0.2, 0.25) is 0 Å². The molecule has 0 fully saturated rings. The monoisotopic (exact) mass is 141 g/mol. The first kappa shape index (κ1) is 6.42. The fraction of sp³-hybridized carbons (Fsp3) is 0.333. The number of aromatic nitrogens is 1. The summed E-state index contributed by atoms with van der Waals surface area (Å²) in [6.45, 7) is 2.01. The van der Waals surface area contributed by atoms with Gasteiger partial charge in [0.1, 0.15) is 0 Å². The lowest BCUT2D eigenvalue weighted by Crippen LogP contribution is -1.80. The molecule has 2 nitrogen and oxygen atoms in total. The highest BCUT2D eigenvalue weighted by molar-refractivity contribution is 7.07. The van der Waals surface area contributed by atoms with Gasteiger partial charge in [-0.1, -0.05) is 6.92 Å². The maximum absolute atomic E-state index is 10.2. The molecule has 0 aliphatic heterocycles. The van der Waals surface area contributed by atoms with E-state index < -0.39 is 0 Å². The zero-order valence-electron chi connectivity index (χ0n) is 5.13. The van der Waals surface area contributed by atoms with Crippen LogP contribution in [0.5, 0.6) is 0 Å². The highest BCUT2D eigenvalue weighted by Gasteiger charge is 1.99. The standard InChI is InChI=1S/C6H7NOS/c1-2-5-3-7-9-6(5)4-8/h3-4H,2H2,1H3. The molecule has 0 N–H and O–H groups in total. The molecule has 0 aromatic carbocycles. The molecule has 0 unspecified atom stereocenters. The van der Waals surface area contributed by atoms with Gasteiger partial charge in [0, 0.05) is 6.20 Å². The number of aryl methyl sites for hydroxylation is 1. The molecule has 1 heterocycles. The van der Waals surface area contributed by atoms with Crippen molar-refractivity contribution >= 4 is 17.8 Å². The topological polar surface area (TPSA) is 30.0 Å². The van der Waals surface area contributed by atoms with Crippen LogP contribution in [0, 0.1) is 0 Å². The van der Waals surface area contributed by atoms with Crippen molar-refractivity contribution in [3.63, 3.8) is 0 Å². The third-order valence-electron chi connectivity index (χ3n) is 1.16. The fourth-order valence-electron chi connectivity index (χ4n) is 0.632. The molecule has 1 aromatic heterocycles. The minimum absolute atomic E-state index is 0.762. The van der Waals surface area contributed by atoms with E-state index in [2.05, 4.69) is 4.37 Å². The summed E-state index contributed by atoms with van der Waals surface area (Å²) in [5, 5.41) is 0. The van der Waals surface area contributed by atoms with Crippen molar-refractivity contribution < 1.29 is 4.79 Å². The van der Waals surface area contributed by atoms with Gasteiger partial charge >= 0.3 is 0 Å². The molecule has 0 aliphatic rings. The molecule has 0 spiro atoms. The predicted octanol–water partition coefficient (Wildman–Crippen LogP) is 1.52. The van der Waals surface area contributed by atoms with Gasteiger partial charge in [-0.05, 0) is 23.5 Å². The fourth-order valence-corrected chi connectivity index (χ4v) is 1.28. The van der Waals surface area contributed by atoms with E-state index in [9.17, 15) is 4.79 Å². The normalized spacial score (nSPS) is 9.44. The SMILES string of the molecule is CCc1cnsc1C=O. The molecule has 0 amide bonds. The van der Waals surface area contributed by atoms with Crippen molar-refractivity contribution in [3.8, 4) is 0 Å². The minimum atomic E-state index is 0.762. The number of aldehydes is 1. The smallest absolute Gasteiger partial charge is 0.161 e. The van der Waals surface area contributed by atoms with Gasteiger partial charge in [-0.25, -0.2) is 4.37 Å². The van der Waals surface area contributed by atoms with E-state index in [1.165, 1.54) is 11.5 Å². The summed E-state index contributed by atoms with van der Waals surface area (Å²) in [5.41, 5.74) is 1.05. The van der Waals surface area contributed by atoms with Gasteiger partial charge in [-0.3, -0.25) is 4.79 Å². The number of carbonyl (C=O) groups excluding carboxylic acids is 1. The van der Waals surface area contributed by atoms with Crippen molar-refractivity contribution in [1.82, 2.24) is 4.37 Å². The van der Waals surface area contributed by atoms with Crippen LogP contribution in [0.4, 0.5) is 0 Å². The Morgan fingerprint density at radius 1 is 1.89 bits per heavy atom. The van der Waals surface area contributed by atoms with E-state index in [1.54, 1.807) is 6.20 Å². The van der Waals surface area contributed by atoms with Crippen LogP contribution in [-0.2, 0) is 6.42 Å². The lowest BCUT2D eigenvalue weighted by molar-refractivity contribution is 0.112. The molecule has 0 saturated heterocycles. The van der Waals surface area contributed by atoms with Crippen LogP contribution >= 0.6 is 11.5 Å². The molecule has 48 valence electrons. The first-order valence-electron chi connectivity index (χ1n) is 2.77. The zero-order valence-corrected chi connectivity index (χ0v) is 5.94. The highest BCUT2D eigenvalue weighted by atomic mass is 32.1. The second kappa shape index (κ2) is 2.73. The molecular weight excluding hydrogens is 134 g/mol. The summed E-state index contributed by atoms with van der Waals surface area (Å²) in [6.07, 6.45) is 3.50. The molecular formula is C6H7NOS. The van der Waals surface area contributed by atoms with Crippen molar-refractivity contribution in [2.45, 2.75) is 13.3 Å². The number of hydrogen-bond donors (Lipinski definition) is 0. The van der Waals surface area contributed by atoms with Gasteiger partial charge in [0.15, 0.2) is 6.29 Å². The van der Waals surface area contributed by atoms with Crippen LogP contribution in [0.15, 0.2) is 6.20 Å². The maximum Gasteiger partial charge on any atom is 0.161 e. The lowest BCUT2D eigenvalue weighted by Gasteiger charge is -1.84. The first-order chi connectivity index (χ1) is 4.38. The van der Waals surface area contributed by atoms with Crippen molar-refractivity contribution in [1.29, 1.82) is 0 Å². The second-order valence-electron chi connectivity index (χ2n) is 1.69. The van der Waals surface area contributed by atoms with Gasteiger partial charge in [0.25, 0.3) is 0 Å². The molecule has 1 aromatic rings. The minimum Gasteiger partial charge on any atom is -0.297 e. The Bertz CT molecular complexity index is 207. The molecule has 0 saturated carbocycles. The number of nitrogens with zero attached hydrogens (tertiary/aromatic N) is 1. The van der Waals surface area contributed by atoms with E-state index in [0.717, 1.165) is 23.1 Å². The van der Waals surface area contributed by atoms with Crippen LogP contribution in [0.2, 0.25) is 0 Å². The summed E-state index contributed by atoms with van der Waals surface area (Å²) in [4.78, 5) is 11.0. The van der Waals surface area contributed by atoms with Crippen LogP contribution in [0.25, 0.3) is 0 Å². The van der Waals surface area contributed by atoms with Gasteiger partial charge in [0.05, 0.1) is 4.88 Å². The summed E-state index contributed by atoms with van der Waals surface area (Å²) < 4.78 is 3.87. The average molecular weight is 141 g/mol. The summed E-state index contributed by atoms with van der Waals surface area (Å²) in [5.74, 6) is 0. The Labute approximate surface area is 57.7 Å².